The number of para-hydroxylation sites is 2. The van der Waals surface area contributed by atoms with Crippen LogP contribution in [0.2, 0.25) is 0 Å². The molecule has 1 saturated heterocycles. The third-order valence-corrected chi connectivity index (χ3v) is 4.63. The molecule has 2 aromatic rings. The Labute approximate surface area is 144 Å². The second-order valence-electron chi connectivity index (χ2n) is 5.57. The van der Waals surface area contributed by atoms with E-state index in [1.54, 1.807) is 11.1 Å². The maximum Gasteiger partial charge on any atom is 0.231 e. The van der Waals surface area contributed by atoms with Crippen molar-refractivity contribution in [3.05, 3.63) is 35.3 Å². The molecular formula is C17H19N3O3S. The van der Waals surface area contributed by atoms with Crippen LogP contribution in [0.4, 0.5) is 10.8 Å². The van der Waals surface area contributed by atoms with Crippen LogP contribution in [0.1, 0.15) is 18.2 Å². The van der Waals surface area contributed by atoms with E-state index >= 15 is 0 Å². The predicted molar refractivity (Wildman–Crippen MR) is 93.6 cm³/mol. The van der Waals surface area contributed by atoms with Gasteiger partial charge in [0.25, 0.3) is 0 Å². The van der Waals surface area contributed by atoms with Crippen molar-refractivity contribution in [2.45, 2.75) is 20.3 Å². The molecule has 2 heterocycles. The lowest BCUT2D eigenvalue weighted by Gasteiger charge is -2.20. The summed E-state index contributed by atoms with van der Waals surface area (Å²) in [6.45, 7) is 4.69. The van der Waals surface area contributed by atoms with Gasteiger partial charge in [0.1, 0.15) is 5.75 Å². The largest absolute Gasteiger partial charge is 0.492 e. The third-order valence-electron chi connectivity index (χ3n) is 3.80. The van der Waals surface area contributed by atoms with Gasteiger partial charge in [-0.15, -0.1) is 11.3 Å². The minimum Gasteiger partial charge on any atom is -0.492 e. The summed E-state index contributed by atoms with van der Waals surface area (Å²) >= 11 is 1.42. The smallest absolute Gasteiger partial charge is 0.231 e. The Balaban J connectivity index is 1.73. The monoisotopic (exact) mass is 345 g/mol. The van der Waals surface area contributed by atoms with Gasteiger partial charge in [-0.3, -0.25) is 9.59 Å². The number of rotatable bonds is 5. The zero-order valence-electron chi connectivity index (χ0n) is 13.6. The van der Waals surface area contributed by atoms with Gasteiger partial charge in [0.15, 0.2) is 5.13 Å². The number of aryl methyl sites for hydroxylation is 1. The molecular weight excluding hydrogens is 326 g/mol. The Bertz CT molecular complexity index is 759. The topological polar surface area (TPSA) is 71.5 Å². The molecule has 1 fully saturated rings. The van der Waals surface area contributed by atoms with E-state index in [0.29, 0.717) is 29.7 Å². The number of ether oxygens (including phenoxy) is 1. The fourth-order valence-electron chi connectivity index (χ4n) is 2.69. The van der Waals surface area contributed by atoms with Crippen LogP contribution < -0.4 is 15.0 Å². The zero-order chi connectivity index (χ0) is 17.1. The van der Waals surface area contributed by atoms with E-state index in [9.17, 15) is 9.59 Å². The Morgan fingerprint density at radius 3 is 2.96 bits per heavy atom. The SMILES string of the molecule is CCOc1ccccc1N1C[C@@H](C(=O)Nc2ncc(C)s2)CC1=O. The summed E-state index contributed by atoms with van der Waals surface area (Å²) in [6.07, 6.45) is 1.90. The fraction of sp³-hybridized carbons (Fsp3) is 0.353. The molecule has 1 aromatic heterocycles. The summed E-state index contributed by atoms with van der Waals surface area (Å²) in [4.78, 5) is 31.6. The van der Waals surface area contributed by atoms with Gasteiger partial charge < -0.3 is 15.0 Å². The molecule has 0 bridgehead atoms. The summed E-state index contributed by atoms with van der Waals surface area (Å²) in [5.74, 6) is 0.0214. The molecule has 1 aliphatic rings. The Morgan fingerprint density at radius 2 is 2.25 bits per heavy atom. The molecule has 126 valence electrons. The number of thiazole rings is 1. The quantitative estimate of drug-likeness (QED) is 0.904. The second kappa shape index (κ2) is 7.00. The molecule has 0 saturated carbocycles. The number of carbonyl (C=O) groups excluding carboxylic acids is 2. The minimum atomic E-state index is -0.392. The molecule has 7 heteroatoms. The molecule has 6 nitrogen and oxygen atoms in total. The Morgan fingerprint density at radius 1 is 1.46 bits per heavy atom. The fourth-order valence-corrected chi connectivity index (χ4v) is 3.36. The normalized spacial score (nSPS) is 17.2. The van der Waals surface area contributed by atoms with E-state index < -0.39 is 5.92 Å². The number of anilines is 2. The predicted octanol–water partition coefficient (Wildman–Crippen LogP) is 2.84. The van der Waals surface area contributed by atoms with Gasteiger partial charge >= 0.3 is 0 Å². The first-order valence-corrected chi connectivity index (χ1v) is 8.65. The number of aromatic nitrogens is 1. The van der Waals surface area contributed by atoms with Gasteiger partial charge in [0.05, 0.1) is 18.2 Å². The van der Waals surface area contributed by atoms with Crippen molar-refractivity contribution in [3.8, 4) is 5.75 Å². The first-order valence-electron chi connectivity index (χ1n) is 7.84. The number of hydrogen-bond acceptors (Lipinski definition) is 5. The average molecular weight is 345 g/mol. The van der Waals surface area contributed by atoms with Crippen LogP contribution in [-0.2, 0) is 9.59 Å². The summed E-state index contributed by atoms with van der Waals surface area (Å²) in [5, 5.41) is 3.36. The molecule has 0 spiro atoms. The first kappa shape index (κ1) is 16.4. The number of carbonyl (C=O) groups is 2. The van der Waals surface area contributed by atoms with Crippen molar-refractivity contribution in [2.24, 2.45) is 5.92 Å². The van der Waals surface area contributed by atoms with Gasteiger partial charge in [-0.2, -0.15) is 0 Å². The Hall–Kier alpha value is -2.41. The second-order valence-corrected chi connectivity index (χ2v) is 6.81. The van der Waals surface area contributed by atoms with Crippen molar-refractivity contribution in [1.29, 1.82) is 0 Å². The van der Waals surface area contributed by atoms with E-state index in [1.807, 2.05) is 38.1 Å². The lowest BCUT2D eigenvalue weighted by Crippen LogP contribution is -2.28. The number of nitrogens with zero attached hydrogens (tertiary/aromatic N) is 2. The van der Waals surface area contributed by atoms with E-state index in [-0.39, 0.29) is 18.2 Å². The molecule has 0 radical (unpaired) electrons. The van der Waals surface area contributed by atoms with Crippen LogP contribution in [0.3, 0.4) is 0 Å². The van der Waals surface area contributed by atoms with Crippen LogP contribution in [0.25, 0.3) is 0 Å². The molecule has 1 atom stereocenters. The third kappa shape index (κ3) is 3.41. The van der Waals surface area contributed by atoms with E-state index in [2.05, 4.69) is 10.3 Å². The van der Waals surface area contributed by atoms with Crippen LogP contribution >= 0.6 is 11.3 Å². The van der Waals surface area contributed by atoms with E-state index in [1.165, 1.54) is 11.3 Å². The first-order chi connectivity index (χ1) is 11.6. The Kier molecular flexibility index (Phi) is 4.80. The van der Waals surface area contributed by atoms with Crippen molar-refractivity contribution in [2.75, 3.05) is 23.4 Å². The molecule has 1 N–H and O–H groups in total. The van der Waals surface area contributed by atoms with Crippen molar-refractivity contribution < 1.29 is 14.3 Å². The van der Waals surface area contributed by atoms with Crippen molar-refractivity contribution in [1.82, 2.24) is 4.98 Å². The van der Waals surface area contributed by atoms with Crippen molar-refractivity contribution in [3.63, 3.8) is 0 Å². The maximum atomic E-state index is 12.4. The van der Waals surface area contributed by atoms with Crippen molar-refractivity contribution >= 4 is 34.0 Å². The standard InChI is InChI=1S/C17H19N3O3S/c1-3-23-14-7-5-4-6-13(14)20-10-12(8-15(20)21)16(22)19-17-18-9-11(2)24-17/h4-7,9,12H,3,8,10H2,1-2H3,(H,18,19,22)/t12-/m0/s1. The molecule has 1 aromatic carbocycles. The van der Waals surface area contributed by atoms with Gasteiger partial charge in [-0.25, -0.2) is 4.98 Å². The highest BCUT2D eigenvalue weighted by molar-refractivity contribution is 7.15. The summed E-state index contributed by atoms with van der Waals surface area (Å²) < 4.78 is 5.59. The maximum absolute atomic E-state index is 12.4. The molecule has 0 aliphatic carbocycles. The minimum absolute atomic E-state index is 0.0716. The average Bonchev–Trinajstić information content (AvgIpc) is 3.14. The van der Waals surface area contributed by atoms with Gasteiger partial charge in [-0.1, -0.05) is 12.1 Å². The van der Waals surface area contributed by atoms with Gasteiger partial charge in [0.2, 0.25) is 11.8 Å². The summed E-state index contributed by atoms with van der Waals surface area (Å²) in [7, 11) is 0. The lowest BCUT2D eigenvalue weighted by atomic mass is 10.1. The van der Waals surface area contributed by atoms with E-state index in [4.69, 9.17) is 4.74 Å². The number of amides is 2. The zero-order valence-corrected chi connectivity index (χ0v) is 14.4. The van der Waals surface area contributed by atoms with Gasteiger partial charge in [0, 0.05) is 24.0 Å². The van der Waals surface area contributed by atoms with E-state index in [0.717, 1.165) is 4.88 Å². The highest BCUT2D eigenvalue weighted by Gasteiger charge is 2.36. The number of nitrogens with one attached hydrogen (secondary N) is 1. The number of benzene rings is 1. The van der Waals surface area contributed by atoms with Crippen LogP contribution in [0.15, 0.2) is 30.5 Å². The van der Waals surface area contributed by atoms with Crippen LogP contribution in [0, 0.1) is 12.8 Å². The number of hydrogen-bond donors (Lipinski definition) is 1. The summed E-state index contributed by atoms with van der Waals surface area (Å²) in [6, 6.07) is 7.39. The highest BCUT2D eigenvalue weighted by atomic mass is 32.1. The lowest BCUT2D eigenvalue weighted by molar-refractivity contribution is -0.122. The molecule has 24 heavy (non-hydrogen) atoms. The molecule has 3 rings (SSSR count). The van der Waals surface area contributed by atoms with Crippen LogP contribution in [-0.4, -0.2) is 29.9 Å². The molecule has 1 aliphatic heterocycles. The molecule has 0 unspecified atom stereocenters. The highest BCUT2D eigenvalue weighted by Crippen LogP contribution is 2.33. The van der Waals surface area contributed by atoms with Crippen LogP contribution in [0.5, 0.6) is 5.75 Å². The molecule has 2 amide bonds. The summed E-state index contributed by atoms with van der Waals surface area (Å²) in [5.41, 5.74) is 0.713. The van der Waals surface area contributed by atoms with Gasteiger partial charge in [-0.05, 0) is 26.0 Å².